The Balaban J connectivity index is 0.0000000950. The van der Waals surface area contributed by atoms with Gasteiger partial charge in [-0.15, -0.1) is 11.3 Å². The van der Waals surface area contributed by atoms with Gasteiger partial charge in [0.25, 0.3) is 0 Å². The van der Waals surface area contributed by atoms with Crippen molar-refractivity contribution >= 4 is 231 Å². The molecule has 0 spiro atoms. The zero-order valence-electron chi connectivity index (χ0n) is 67.0. The molecule has 126 heavy (non-hydrogen) atoms. The van der Waals surface area contributed by atoms with Gasteiger partial charge in [0, 0.05) is 151 Å². The molecule has 0 unspecified atom stereocenters. The summed E-state index contributed by atoms with van der Waals surface area (Å²) in [5.41, 5.74) is 27.2. The third-order valence-corrected chi connectivity index (χ3v) is 26.6. The first-order valence-electron chi connectivity index (χ1n) is 41.6. The molecule has 7 nitrogen and oxygen atoms in total. The molecule has 0 saturated carbocycles. The molecule has 0 aliphatic heterocycles. The molecule has 12 heteroatoms. The minimum absolute atomic E-state index is 0.678. The van der Waals surface area contributed by atoms with E-state index in [2.05, 4.69) is 300 Å². The monoisotopic (exact) mass is 1710 g/mol. The van der Waals surface area contributed by atoms with E-state index in [-0.39, 0.29) is 0 Å². The number of thiophene rings is 1. The second-order valence-corrected chi connectivity index (χ2v) is 34.6. The Morgan fingerprint density at radius 2 is 0.468 bits per heavy atom. The zero-order valence-corrected chi connectivity index (χ0v) is 70.8. The van der Waals surface area contributed by atoms with Gasteiger partial charge in [0.1, 0.15) is 55.8 Å². The van der Waals surface area contributed by atoms with Crippen LogP contribution in [0.25, 0.3) is 240 Å². The summed E-state index contributed by atoms with van der Waals surface area (Å²) in [6.45, 7) is 0. The van der Waals surface area contributed by atoms with E-state index in [1.54, 1.807) is 0 Å². The summed E-state index contributed by atoms with van der Waals surface area (Å²) >= 11 is 26.7. The highest BCUT2D eigenvalue weighted by molar-refractivity contribution is 7.25. The molecule has 0 aliphatic carbocycles. The molecule has 0 amide bonds. The quantitative estimate of drug-likeness (QED) is 0.159. The second kappa shape index (κ2) is 30.6. The standard InChI is InChI=1S/C36H22ClNO.C30H18ClNO.C24H13ClO2.C24H13ClOS/c37-32-12-6-4-10-27(32)25-16-19-36-31(21-25)30-20-23(15-18-35(30)39-36)24-14-17-29-28-11-5-7-13-33(28)38(34(29)22-24)26-8-2-1-3-9-26;31-21-12-14-25-26-16-19(11-15-29(26)33-30(25)18-21)20-10-13-24-23-8-4-5-9-27(23)32(28(24)17-20)22-6-2-1-3-7-22;25-16-7-9-19-20-11-14(6-10-22(20)27-24(19)13-16)15-5-8-18-17-3-1-2-4-21(17)26-23(18)12-15;25-16-7-9-17-20-11-14(6-10-21(20)26-22(17)13-16)15-5-8-19-18-3-1-2-4-23(18)27-24(19)12-15/h1-22H;1-18H;2*1-13H. The molecule has 0 aliphatic rings. The number of hydrogen-bond donors (Lipinski definition) is 0. The molecular formula is C114H66Cl4N2O5S. The third-order valence-electron chi connectivity index (χ3n) is 24.4. The smallest absolute Gasteiger partial charge is 0.136 e. The molecule has 596 valence electrons. The number of nitrogens with zero attached hydrogens (tertiary/aromatic N) is 2. The fourth-order valence-corrected chi connectivity index (χ4v) is 20.3. The molecule has 19 aromatic carbocycles. The molecule has 0 atom stereocenters. The van der Waals surface area contributed by atoms with Crippen molar-refractivity contribution in [3.05, 3.63) is 420 Å². The molecule has 0 bridgehead atoms. The van der Waals surface area contributed by atoms with Gasteiger partial charge in [-0.05, 0) is 232 Å². The van der Waals surface area contributed by atoms with Gasteiger partial charge < -0.3 is 31.2 Å². The van der Waals surface area contributed by atoms with Crippen molar-refractivity contribution in [3.63, 3.8) is 0 Å². The largest absolute Gasteiger partial charge is 0.456 e. The summed E-state index contributed by atoms with van der Waals surface area (Å²) < 4.78 is 37.5. The third kappa shape index (κ3) is 13.1. The van der Waals surface area contributed by atoms with E-state index in [1.165, 1.54) is 86.0 Å². The highest BCUT2D eigenvalue weighted by Gasteiger charge is 2.21. The minimum atomic E-state index is 0.678. The number of furan rings is 5. The number of halogens is 4. The van der Waals surface area contributed by atoms with Crippen LogP contribution in [-0.4, -0.2) is 9.13 Å². The first-order chi connectivity index (χ1) is 62.0. The molecular weight excluding hydrogens is 1650 g/mol. The van der Waals surface area contributed by atoms with Crippen molar-refractivity contribution in [2.45, 2.75) is 0 Å². The molecule has 0 N–H and O–H groups in total. The maximum Gasteiger partial charge on any atom is 0.136 e. The van der Waals surface area contributed by atoms with Crippen LogP contribution in [0.4, 0.5) is 0 Å². The van der Waals surface area contributed by atoms with Crippen LogP contribution in [0, 0.1) is 0 Å². The summed E-state index contributed by atoms with van der Waals surface area (Å²) in [5, 5.41) is 21.5. The molecule has 27 rings (SSSR count). The highest BCUT2D eigenvalue weighted by atomic mass is 35.5. The van der Waals surface area contributed by atoms with Crippen LogP contribution in [0.5, 0.6) is 0 Å². The van der Waals surface area contributed by atoms with Crippen molar-refractivity contribution in [1.82, 2.24) is 9.13 Å². The fourth-order valence-electron chi connectivity index (χ4n) is 18.4. The highest BCUT2D eigenvalue weighted by Crippen LogP contribution is 2.45. The van der Waals surface area contributed by atoms with E-state index in [4.69, 9.17) is 68.5 Å². The molecule has 0 radical (unpaired) electrons. The first-order valence-corrected chi connectivity index (χ1v) is 43.9. The lowest BCUT2D eigenvalue weighted by Crippen LogP contribution is -1.93. The number of rotatable bonds is 7. The van der Waals surface area contributed by atoms with E-state index < -0.39 is 0 Å². The number of hydrogen-bond acceptors (Lipinski definition) is 6. The lowest BCUT2D eigenvalue weighted by Gasteiger charge is -2.09. The maximum absolute atomic E-state index is 6.52. The van der Waals surface area contributed by atoms with Crippen LogP contribution >= 0.6 is 57.7 Å². The summed E-state index contributed by atoms with van der Waals surface area (Å²) in [6.07, 6.45) is 0. The number of fused-ring (bicyclic) bond motifs is 24. The first kappa shape index (κ1) is 74.9. The van der Waals surface area contributed by atoms with Crippen molar-refractivity contribution in [3.8, 4) is 67.0 Å². The summed E-state index contributed by atoms with van der Waals surface area (Å²) in [5.74, 6) is 0. The van der Waals surface area contributed by atoms with Gasteiger partial charge in [0.15, 0.2) is 0 Å². The SMILES string of the molecule is Clc1ccc2c(c1)oc1ccc(-c3ccc4c(c3)oc3ccccc34)cc12.Clc1ccc2c(c1)oc1ccc(-c3ccc4c(c3)sc3ccccc34)cc12.Clc1ccc2c(c1)oc1ccc(-c3ccc4c5ccccc5n(-c5ccccc5)c4c3)cc12.Clc1ccccc1-c1ccc2oc3ccc(-c4ccc5c6ccccc6n(-c6ccccc6)c5c4)cc3c2c1. The van der Waals surface area contributed by atoms with Crippen molar-refractivity contribution in [2.75, 3.05) is 0 Å². The zero-order chi connectivity index (χ0) is 83.8. The molecule has 27 aromatic rings. The topological polar surface area (TPSA) is 75.6 Å². The van der Waals surface area contributed by atoms with Gasteiger partial charge in [0.05, 0.1) is 22.1 Å². The Morgan fingerprint density at radius 1 is 0.175 bits per heavy atom. The predicted molar refractivity (Wildman–Crippen MR) is 531 cm³/mol. The van der Waals surface area contributed by atoms with E-state index in [0.29, 0.717) is 15.1 Å². The molecule has 0 fully saturated rings. The Labute approximate surface area is 744 Å². The van der Waals surface area contributed by atoms with Gasteiger partial charge >= 0.3 is 0 Å². The average Bonchev–Trinajstić information content (AvgIpc) is 1.58. The summed E-state index contributed by atoms with van der Waals surface area (Å²) in [4.78, 5) is 0. The molecule has 8 aromatic heterocycles. The fraction of sp³-hybridized carbons (Fsp3) is 0. The Bertz CT molecular complexity index is 8840. The normalized spacial score (nSPS) is 11.8. The lowest BCUT2D eigenvalue weighted by atomic mass is 9.99. The Morgan fingerprint density at radius 3 is 0.952 bits per heavy atom. The van der Waals surface area contributed by atoms with Crippen LogP contribution in [-0.2, 0) is 0 Å². The Kier molecular flexibility index (Phi) is 18.2. The summed E-state index contributed by atoms with van der Waals surface area (Å²) in [7, 11) is 0. The van der Waals surface area contributed by atoms with Crippen molar-refractivity contribution in [2.24, 2.45) is 0 Å². The van der Waals surface area contributed by atoms with Gasteiger partial charge in [0.2, 0.25) is 0 Å². The van der Waals surface area contributed by atoms with Crippen molar-refractivity contribution < 1.29 is 22.1 Å². The number of benzene rings is 19. The van der Waals surface area contributed by atoms with E-state index >= 15 is 0 Å². The number of para-hydroxylation sites is 5. The van der Waals surface area contributed by atoms with Gasteiger partial charge in [-0.25, -0.2) is 0 Å². The van der Waals surface area contributed by atoms with Crippen LogP contribution < -0.4 is 0 Å². The van der Waals surface area contributed by atoms with Gasteiger partial charge in [-0.1, -0.05) is 247 Å². The van der Waals surface area contributed by atoms with Crippen LogP contribution in [0.15, 0.2) is 422 Å². The van der Waals surface area contributed by atoms with Gasteiger partial charge in [-0.3, -0.25) is 0 Å². The van der Waals surface area contributed by atoms with Gasteiger partial charge in [-0.2, -0.15) is 0 Å². The van der Waals surface area contributed by atoms with E-state index in [0.717, 1.165) is 159 Å². The van der Waals surface area contributed by atoms with Crippen molar-refractivity contribution in [1.29, 1.82) is 0 Å². The predicted octanol–water partition coefficient (Wildman–Crippen LogP) is 35.8. The minimum Gasteiger partial charge on any atom is -0.456 e. The van der Waals surface area contributed by atoms with E-state index in [1.807, 2.05) is 121 Å². The molecule has 0 saturated heterocycles. The second-order valence-electron chi connectivity index (χ2n) is 31.8. The number of aromatic nitrogens is 2. The van der Waals surface area contributed by atoms with Crippen LogP contribution in [0.3, 0.4) is 0 Å². The summed E-state index contributed by atoms with van der Waals surface area (Å²) in [6, 6.07) is 139. The maximum atomic E-state index is 6.52. The molecule has 8 heterocycles. The lowest BCUT2D eigenvalue weighted by molar-refractivity contribution is 0.668. The van der Waals surface area contributed by atoms with Crippen LogP contribution in [0.1, 0.15) is 0 Å². The van der Waals surface area contributed by atoms with Crippen LogP contribution in [0.2, 0.25) is 20.1 Å². The van der Waals surface area contributed by atoms with E-state index in [9.17, 15) is 0 Å². The average molecular weight is 1720 g/mol. The Hall–Kier alpha value is -14.8.